The Kier molecular flexibility index (Phi) is 4.05. The molecule has 1 aliphatic heterocycles. The molecule has 0 radical (unpaired) electrons. The van der Waals surface area contributed by atoms with Gasteiger partial charge in [0.1, 0.15) is 0 Å². The van der Waals surface area contributed by atoms with Gasteiger partial charge in [-0.25, -0.2) is 0 Å². The van der Waals surface area contributed by atoms with Crippen LogP contribution in [0.5, 0.6) is 0 Å². The van der Waals surface area contributed by atoms with Crippen molar-refractivity contribution in [3.05, 3.63) is 11.6 Å². The molecule has 1 heteroatoms. The Morgan fingerprint density at radius 3 is 3.15 bits per heavy atom. The molecule has 1 N–H and O–H groups in total. The van der Waals surface area contributed by atoms with Crippen LogP contribution in [-0.2, 0) is 0 Å². The molecule has 0 spiro atoms. The molecule has 0 aromatic rings. The van der Waals surface area contributed by atoms with Crippen LogP contribution in [0.15, 0.2) is 11.6 Å². The van der Waals surface area contributed by atoms with E-state index in [9.17, 15) is 0 Å². The summed E-state index contributed by atoms with van der Waals surface area (Å²) in [4.78, 5) is 0. The smallest absolute Gasteiger partial charge is 0.0727 e. The van der Waals surface area contributed by atoms with Gasteiger partial charge in [0, 0.05) is 6.54 Å². The van der Waals surface area contributed by atoms with E-state index in [1.807, 2.05) is 0 Å². The third-order valence-corrected chi connectivity index (χ3v) is 2.72. The summed E-state index contributed by atoms with van der Waals surface area (Å²) in [6, 6.07) is 0.263. The Morgan fingerprint density at radius 2 is 2.54 bits per heavy atom. The molecule has 1 rings (SSSR count). The largest absolute Gasteiger partial charge is 0.300 e. The molecule has 0 aromatic carbocycles. The first-order chi connectivity index (χ1) is 6.27. The standard InChI is InChI=1S/C12H19N/c1-4-6-10(3)11-7-8-13-12(5-2)9-11/h2,7,10,12-13H,4,6,8-9H2,1,3H3/t10-,12?/m1/s1. The van der Waals surface area contributed by atoms with E-state index in [1.165, 1.54) is 12.8 Å². The van der Waals surface area contributed by atoms with E-state index in [1.54, 1.807) is 5.57 Å². The molecule has 2 atom stereocenters. The molecule has 0 bridgehead atoms. The number of hydrogen-bond acceptors (Lipinski definition) is 1. The van der Waals surface area contributed by atoms with Crippen LogP contribution in [0, 0.1) is 18.3 Å². The molecule has 0 saturated carbocycles. The topological polar surface area (TPSA) is 12.0 Å². The molecule has 1 nitrogen and oxygen atoms in total. The summed E-state index contributed by atoms with van der Waals surface area (Å²) >= 11 is 0. The van der Waals surface area contributed by atoms with Gasteiger partial charge in [-0.3, -0.25) is 5.32 Å². The highest BCUT2D eigenvalue weighted by Gasteiger charge is 2.16. The van der Waals surface area contributed by atoms with Crippen molar-refractivity contribution in [3.8, 4) is 12.3 Å². The van der Waals surface area contributed by atoms with Gasteiger partial charge in [0.15, 0.2) is 0 Å². The van der Waals surface area contributed by atoms with Crippen LogP contribution in [0.25, 0.3) is 0 Å². The van der Waals surface area contributed by atoms with Crippen molar-refractivity contribution in [1.29, 1.82) is 0 Å². The van der Waals surface area contributed by atoms with Crippen LogP contribution in [0.2, 0.25) is 0 Å². The van der Waals surface area contributed by atoms with E-state index in [0.717, 1.165) is 13.0 Å². The molecule has 72 valence electrons. The molecule has 1 heterocycles. The third kappa shape index (κ3) is 2.90. The Balaban J connectivity index is 2.51. The fourth-order valence-electron chi connectivity index (χ4n) is 1.86. The minimum Gasteiger partial charge on any atom is -0.300 e. The second kappa shape index (κ2) is 5.09. The lowest BCUT2D eigenvalue weighted by atomic mass is 9.89. The Labute approximate surface area is 81.6 Å². The van der Waals surface area contributed by atoms with Crippen molar-refractivity contribution >= 4 is 0 Å². The van der Waals surface area contributed by atoms with Crippen LogP contribution >= 0.6 is 0 Å². The van der Waals surface area contributed by atoms with Gasteiger partial charge in [-0.05, 0) is 18.8 Å². The molecule has 0 saturated heterocycles. The molecule has 0 fully saturated rings. The Bertz CT molecular complexity index is 222. The summed E-state index contributed by atoms with van der Waals surface area (Å²) in [6.45, 7) is 5.48. The van der Waals surface area contributed by atoms with E-state index >= 15 is 0 Å². The SMILES string of the molecule is C#CC1CC([C@H](C)CCC)=CCN1. The maximum Gasteiger partial charge on any atom is 0.0727 e. The van der Waals surface area contributed by atoms with Crippen molar-refractivity contribution in [3.63, 3.8) is 0 Å². The molecule has 0 aromatic heterocycles. The highest BCUT2D eigenvalue weighted by molar-refractivity contribution is 5.17. The highest BCUT2D eigenvalue weighted by atomic mass is 14.9. The summed E-state index contributed by atoms with van der Waals surface area (Å²) in [7, 11) is 0. The third-order valence-electron chi connectivity index (χ3n) is 2.72. The first kappa shape index (κ1) is 10.3. The molecule has 0 amide bonds. The van der Waals surface area contributed by atoms with E-state index in [-0.39, 0.29) is 6.04 Å². The fraction of sp³-hybridized carbons (Fsp3) is 0.667. The molecule has 1 aliphatic rings. The summed E-state index contributed by atoms with van der Waals surface area (Å²) in [5, 5.41) is 3.28. The summed E-state index contributed by atoms with van der Waals surface area (Å²) < 4.78 is 0. The van der Waals surface area contributed by atoms with Gasteiger partial charge in [-0.15, -0.1) is 6.42 Å². The normalized spacial score (nSPS) is 24.7. The maximum absolute atomic E-state index is 5.40. The molecule has 1 unspecified atom stereocenters. The van der Waals surface area contributed by atoms with Crippen molar-refractivity contribution < 1.29 is 0 Å². The first-order valence-corrected chi connectivity index (χ1v) is 5.16. The number of terminal acetylenes is 1. The predicted molar refractivity (Wildman–Crippen MR) is 57.4 cm³/mol. The lowest BCUT2D eigenvalue weighted by molar-refractivity contribution is 0.520. The van der Waals surface area contributed by atoms with Gasteiger partial charge in [-0.1, -0.05) is 37.8 Å². The van der Waals surface area contributed by atoms with E-state index in [0.29, 0.717) is 5.92 Å². The van der Waals surface area contributed by atoms with E-state index in [2.05, 4.69) is 31.2 Å². The van der Waals surface area contributed by atoms with Gasteiger partial charge in [-0.2, -0.15) is 0 Å². The van der Waals surface area contributed by atoms with Gasteiger partial charge in [0.05, 0.1) is 6.04 Å². The van der Waals surface area contributed by atoms with Crippen LogP contribution in [-0.4, -0.2) is 12.6 Å². The van der Waals surface area contributed by atoms with Crippen molar-refractivity contribution in [2.45, 2.75) is 39.2 Å². The van der Waals surface area contributed by atoms with Crippen molar-refractivity contribution in [2.24, 2.45) is 5.92 Å². The fourth-order valence-corrected chi connectivity index (χ4v) is 1.86. The first-order valence-electron chi connectivity index (χ1n) is 5.16. The number of hydrogen-bond donors (Lipinski definition) is 1. The van der Waals surface area contributed by atoms with Gasteiger partial charge in [0.25, 0.3) is 0 Å². The monoisotopic (exact) mass is 177 g/mol. The van der Waals surface area contributed by atoms with E-state index in [4.69, 9.17) is 6.42 Å². The van der Waals surface area contributed by atoms with Crippen molar-refractivity contribution in [2.75, 3.05) is 6.54 Å². The lowest BCUT2D eigenvalue weighted by Crippen LogP contribution is -2.32. The lowest BCUT2D eigenvalue weighted by Gasteiger charge is -2.24. The summed E-state index contributed by atoms with van der Waals surface area (Å²) in [6.07, 6.45) is 11.3. The van der Waals surface area contributed by atoms with Crippen LogP contribution < -0.4 is 5.32 Å². The molecular formula is C12H19N. The van der Waals surface area contributed by atoms with Gasteiger partial charge < -0.3 is 0 Å². The second-order valence-corrected chi connectivity index (χ2v) is 3.80. The maximum atomic E-state index is 5.40. The Hall–Kier alpha value is -0.740. The molecule has 13 heavy (non-hydrogen) atoms. The van der Waals surface area contributed by atoms with Gasteiger partial charge in [0.2, 0.25) is 0 Å². The van der Waals surface area contributed by atoms with Crippen LogP contribution in [0.4, 0.5) is 0 Å². The summed E-state index contributed by atoms with van der Waals surface area (Å²) in [5.74, 6) is 3.49. The zero-order chi connectivity index (χ0) is 9.68. The summed E-state index contributed by atoms with van der Waals surface area (Å²) in [5.41, 5.74) is 1.54. The highest BCUT2D eigenvalue weighted by Crippen LogP contribution is 2.22. The van der Waals surface area contributed by atoms with Crippen molar-refractivity contribution in [1.82, 2.24) is 5.32 Å². The van der Waals surface area contributed by atoms with Gasteiger partial charge >= 0.3 is 0 Å². The zero-order valence-electron chi connectivity index (χ0n) is 8.64. The average molecular weight is 177 g/mol. The Morgan fingerprint density at radius 1 is 1.77 bits per heavy atom. The second-order valence-electron chi connectivity index (χ2n) is 3.80. The number of rotatable bonds is 3. The van der Waals surface area contributed by atoms with Crippen LogP contribution in [0.1, 0.15) is 33.1 Å². The zero-order valence-corrected chi connectivity index (χ0v) is 8.64. The number of nitrogens with one attached hydrogen (secondary N) is 1. The minimum atomic E-state index is 0.263. The van der Waals surface area contributed by atoms with E-state index < -0.39 is 0 Å². The minimum absolute atomic E-state index is 0.263. The van der Waals surface area contributed by atoms with Crippen LogP contribution in [0.3, 0.4) is 0 Å². The molecule has 0 aliphatic carbocycles. The quantitative estimate of drug-likeness (QED) is 0.515. The predicted octanol–water partition coefficient (Wildman–Crippen LogP) is 2.34. The average Bonchev–Trinajstić information content (AvgIpc) is 2.18. The molecular weight excluding hydrogens is 158 g/mol.